The number of nitrogens with one attached hydrogen (secondary N) is 1. The molecule has 1 N–H and O–H groups in total. The summed E-state index contributed by atoms with van der Waals surface area (Å²) >= 11 is 2.06. The first kappa shape index (κ1) is 12.5. The highest BCUT2D eigenvalue weighted by molar-refractivity contribution is 7.99. The van der Waals surface area contributed by atoms with Gasteiger partial charge >= 0.3 is 0 Å². The third kappa shape index (κ3) is 2.58. The van der Waals surface area contributed by atoms with Crippen LogP contribution in [0.2, 0.25) is 0 Å². The van der Waals surface area contributed by atoms with Crippen molar-refractivity contribution in [2.24, 2.45) is 7.05 Å². The molecule has 2 aliphatic heterocycles. The molecule has 0 amide bonds. The Morgan fingerprint density at radius 2 is 2.44 bits per heavy atom. The van der Waals surface area contributed by atoms with Gasteiger partial charge in [0.1, 0.15) is 11.9 Å². The van der Waals surface area contributed by atoms with Crippen molar-refractivity contribution in [3.8, 4) is 0 Å². The van der Waals surface area contributed by atoms with Gasteiger partial charge in [0.15, 0.2) is 0 Å². The zero-order chi connectivity index (χ0) is 12.4. The second-order valence-electron chi connectivity index (χ2n) is 5.16. The van der Waals surface area contributed by atoms with Gasteiger partial charge in [-0.05, 0) is 25.0 Å². The van der Waals surface area contributed by atoms with E-state index in [1.807, 2.05) is 19.4 Å². The predicted octanol–water partition coefficient (Wildman–Crippen LogP) is 1.74. The summed E-state index contributed by atoms with van der Waals surface area (Å²) in [7, 11) is 2.04. The first-order chi connectivity index (χ1) is 8.84. The Morgan fingerprint density at radius 1 is 1.50 bits per heavy atom. The maximum atomic E-state index is 5.88. The van der Waals surface area contributed by atoms with Crippen LogP contribution in [-0.4, -0.2) is 39.7 Å². The van der Waals surface area contributed by atoms with E-state index in [0.29, 0.717) is 12.1 Å². The number of thioether (sulfide) groups is 1. The van der Waals surface area contributed by atoms with Crippen molar-refractivity contribution in [1.29, 1.82) is 0 Å². The van der Waals surface area contributed by atoms with Crippen LogP contribution >= 0.6 is 11.8 Å². The Balaban J connectivity index is 1.66. The van der Waals surface area contributed by atoms with Crippen LogP contribution in [0.5, 0.6) is 0 Å². The second kappa shape index (κ2) is 5.63. The van der Waals surface area contributed by atoms with Crippen LogP contribution in [0.1, 0.15) is 31.2 Å². The van der Waals surface area contributed by atoms with Gasteiger partial charge in [-0.1, -0.05) is 0 Å². The van der Waals surface area contributed by atoms with Crippen molar-refractivity contribution in [2.45, 2.75) is 37.5 Å². The minimum atomic E-state index is 0.122. The molecule has 3 atom stereocenters. The van der Waals surface area contributed by atoms with E-state index in [1.54, 1.807) is 0 Å². The second-order valence-corrected chi connectivity index (χ2v) is 6.31. The summed E-state index contributed by atoms with van der Waals surface area (Å²) in [6, 6.07) is 1.08. The molecule has 0 aromatic carbocycles. The van der Waals surface area contributed by atoms with Gasteiger partial charge in [-0.2, -0.15) is 11.8 Å². The highest BCUT2D eigenvalue weighted by Gasteiger charge is 2.33. The Kier molecular flexibility index (Phi) is 3.91. The van der Waals surface area contributed by atoms with Gasteiger partial charge in [0.2, 0.25) is 0 Å². The molecule has 0 bridgehead atoms. The molecule has 3 heterocycles. The molecule has 4 nitrogen and oxygen atoms in total. The third-order valence-electron chi connectivity index (χ3n) is 3.81. The van der Waals surface area contributed by atoms with E-state index >= 15 is 0 Å². The molecule has 5 heteroatoms. The van der Waals surface area contributed by atoms with E-state index in [4.69, 9.17) is 4.74 Å². The molecule has 3 rings (SSSR count). The van der Waals surface area contributed by atoms with Crippen LogP contribution in [0, 0.1) is 0 Å². The SMILES string of the molecule is Cn1ccnc1[C@H]1OCC[C@@H]1N[C@H]1CCCSC1. The van der Waals surface area contributed by atoms with Gasteiger partial charge in [0.25, 0.3) is 0 Å². The van der Waals surface area contributed by atoms with Crippen LogP contribution in [0.15, 0.2) is 12.4 Å². The molecule has 2 saturated heterocycles. The van der Waals surface area contributed by atoms with Gasteiger partial charge in [0.05, 0.1) is 0 Å². The Morgan fingerprint density at radius 3 is 3.17 bits per heavy atom. The van der Waals surface area contributed by atoms with Crippen molar-refractivity contribution >= 4 is 11.8 Å². The van der Waals surface area contributed by atoms with E-state index < -0.39 is 0 Å². The fourth-order valence-corrected chi connectivity index (χ4v) is 3.93. The van der Waals surface area contributed by atoms with Gasteiger partial charge in [-0.15, -0.1) is 0 Å². The van der Waals surface area contributed by atoms with Crippen molar-refractivity contribution < 1.29 is 4.74 Å². The van der Waals surface area contributed by atoms with Gasteiger partial charge in [0, 0.05) is 43.9 Å². The molecule has 0 unspecified atom stereocenters. The first-order valence-electron chi connectivity index (χ1n) is 6.77. The number of aromatic nitrogens is 2. The van der Waals surface area contributed by atoms with E-state index in [2.05, 4.69) is 26.6 Å². The third-order valence-corrected chi connectivity index (χ3v) is 5.03. The number of imidazole rings is 1. The average Bonchev–Trinajstić information content (AvgIpc) is 2.99. The Hall–Kier alpha value is -0.520. The highest BCUT2D eigenvalue weighted by atomic mass is 32.2. The van der Waals surface area contributed by atoms with E-state index in [9.17, 15) is 0 Å². The normalized spacial score (nSPS) is 32.8. The van der Waals surface area contributed by atoms with Crippen molar-refractivity contribution in [3.63, 3.8) is 0 Å². The lowest BCUT2D eigenvalue weighted by atomic mass is 10.1. The molecule has 0 aliphatic carbocycles. The lowest BCUT2D eigenvalue weighted by molar-refractivity contribution is 0.0874. The van der Waals surface area contributed by atoms with Crippen molar-refractivity contribution in [3.05, 3.63) is 18.2 Å². The standard InChI is InChI=1S/C13H21N3OS/c1-16-6-5-14-13(16)12-11(4-7-17-12)15-10-3-2-8-18-9-10/h5-6,10-12,15H,2-4,7-9H2,1H3/t10-,11-,12-/m0/s1. The number of aryl methyl sites for hydroxylation is 1. The summed E-state index contributed by atoms with van der Waals surface area (Å²) in [5, 5.41) is 3.78. The highest BCUT2D eigenvalue weighted by Crippen LogP contribution is 2.29. The first-order valence-corrected chi connectivity index (χ1v) is 7.92. The monoisotopic (exact) mass is 267 g/mol. The summed E-state index contributed by atoms with van der Waals surface area (Å²) in [6.07, 6.45) is 7.70. The van der Waals surface area contributed by atoms with E-state index in [0.717, 1.165) is 18.9 Å². The predicted molar refractivity (Wildman–Crippen MR) is 73.8 cm³/mol. The summed E-state index contributed by atoms with van der Waals surface area (Å²) in [6.45, 7) is 0.842. The fourth-order valence-electron chi connectivity index (χ4n) is 2.84. The Bertz CT molecular complexity index is 389. The number of hydrogen-bond acceptors (Lipinski definition) is 4. The summed E-state index contributed by atoms with van der Waals surface area (Å²) in [4.78, 5) is 4.43. The zero-order valence-electron chi connectivity index (χ0n) is 10.8. The van der Waals surface area contributed by atoms with Gasteiger partial charge < -0.3 is 14.6 Å². The number of ether oxygens (including phenoxy) is 1. The average molecular weight is 267 g/mol. The van der Waals surface area contributed by atoms with E-state index in [-0.39, 0.29) is 6.10 Å². The largest absolute Gasteiger partial charge is 0.369 e. The molecule has 2 aliphatic rings. The minimum absolute atomic E-state index is 0.122. The molecule has 18 heavy (non-hydrogen) atoms. The number of nitrogens with zero attached hydrogens (tertiary/aromatic N) is 2. The van der Waals surface area contributed by atoms with Gasteiger partial charge in [-0.3, -0.25) is 0 Å². The molecule has 100 valence electrons. The number of rotatable bonds is 3. The number of hydrogen-bond donors (Lipinski definition) is 1. The summed E-state index contributed by atoms with van der Waals surface area (Å²) in [5.41, 5.74) is 0. The fraction of sp³-hybridized carbons (Fsp3) is 0.769. The topological polar surface area (TPSA) is 39.1 Å². The lowest BCUT2D eigenvalue weighted by Gasteiger charge is -2.28. The molecule has 0 spiro atoms. The molecule has 0 saturated carbocycles. The maximum Gasteiger partial charge on any atom is 0.139 e. The van der Waals surface area contributed by atoms with Gasteiger partial charge in [-0.25, -0.2) is 4.98 Å². The molecular formula is C13H21N3OS. The lowest BCUT2D eigenvalue weighted by Crippen LogP contribution is -2.43. The maximum absolute atomic E-state index is 5.88. The van der Waals surface area contributed by atoms with Crippen LogP contribution in [0.4, 0.5) is 0 Å². The van der Waals surface area contributed by atoms with Crippen LogP contribution in [0.3, 0.4) is 0 Å². The summed E-state index contributed by atoms with van der Waals surface area (Å²) < 4.78 is 7.95. The minimum Gasteiger partial charge on any atom is -0.369 e. The molecule has 1 aromatic heterocycles. The smallest absolute Gasteiger partial charge is 0.139 e. The van der Waals surface area contributed by atoms with Crippen LogP contribution in [-0.2, 0) is 11.8 Å². The molecule has 1 aromatic rings. The summed E-state index contributed by atoms with van der Waals surface area (Å²) in [5.74, 6) is 3.61. The van der Waals surface area contributed by atoms with Crippen LogP contribution < -0.4 is 5.32 Å². The zero-order valence-corrected chi connectivity index (χ0v) is 11.7. The van der Waals surface area contributed by atoms with Crippen LogP contribution in [0.25, 0.3) is 0 Å². The molecule has 0 radical (unpaired) electrons. The molecular weight excluding hydrogens is 246 g/mol. The van der Waals surface area contributed by atoms with Crippen molar-refractivity contribution in [1.82, 2.24) is 14.9 Å². The quantitative estimate of drug-likeness (QED) is 0.905. The molecule has 2 fully saturated rings. The Labute approximate surface area is 112 Å². The van der Waals surface area contributed by atoms with Crippen molar-refractivity contribution in [2.75, 3.05) is 18.1 Å². The van der Waals surface area contributed by atoms with E-state index in [1.165, 1.54) is 24.3 Å².